The lowest BCUT2D eigenvalue weighted by Crippen LogP contribution is -2.53. The summed E-state index contributed by atoms with van der Waals surface area (Å²) < 4.78 is 52.9. The predicted octanol–water partition coefficient (Wildman–Crippen LogP) is -1.59. The fourth-order valence-corrected chi connectivity index (χ4v) is 4.99. The Bertz CT molecular complexity index is 473. The second-order valence-electron chi connectivity index (χ2n) is 4.56. The van der Waals surface area contributed by atoms with Gasteiger partial charge >= 0.3 is 0 Å². The van der Waals surface area contributed by atoms with Gasteiger partial charge in [-0.15, -0.1) is 0 Å². The molecule has 2 atom stereocenters. The molecule has 1 aliphatic rings. The first-order valence-electron chi connectivity index (χ1n) is 5.64. The summed E-state index contributed by atoms with van der Waals surface area (Å²) >= 11 is 0. The monoisotopic (exact) mass is 300 g/mol. The highest BCUT2D eigenvalue weighted by atomic mass is 32.2. The number of morpholine rings is 1. The third-order valence-corrected chi connectivity index (χ3v) is 5.93. The van der Waals surface area contributed by atoms with Crippen LogP contribution in [0.1, 0.15) is 6.92 Å². The van der Waals surface area contributed by atoms with E-state index in [2.05, 4.69) is 0 Å². The molecule has 1 heterocycles. The van der Waals surface area contributed by atoms with Gasteiger partial charge in [-0.05, 0) is 6.92 Å². The molecule has 0 aliphatic carbocycles. The van der Waals surface area contributed by atoms with E-state index in [1.165, 1.54) is 4.31 Å². The second-order valence-corrected chi connectivity index (χ2v) is 8.86. The zero-order valence-electron chi connectivity index (χ0n) is 10.6. The molecule has 0 aromatic carbocycles. The van der Waals surface area contributed by atoms with Crippen molar-refractivity contribution in [1.29, 1.82) is 0 Å². The molecule has 18 heavy (non-hydrogen) atoms. The SMILES string of the molecule is CC1COC(CN)CN1S(=O)(=O)CCS(C)(=O)=O. The van der Waals surface area contributed by atoms with Crippen molar-refractivity contribution in [1.82, 2.24) is 4.31 Å². The van der Waals surface area contributed by atoms with E-state index in [4.69, 9.17) is 10.5 Å². The predicted molar refractivity (Wildman–Crippen MR) is 68.5 cm³/mol. The Balaban J connectivity index is 2.76. The first kappa shape index (κ1) is 15.8. The van der Waals surface area contributed by atoms with Crippen LogP contribution in [0.3, 0.4) is 0 Å². The number of sulfonamides is 1. The van der Waals surface area contributed by atoms with Gasteiger partial charge in [-0.1, -0.05) is 0 Å². The lowest BCUT2D eigenvalue weighted by molar-refractivity contribution is -0.0219. The largest absolute Gasteiger partial charge is 0.374 e. The van der Waals surface area contributed by atoms with E-state index in [1.54, 1.807) is 6.92 Å². The molecule has 2 unspecified atom stereocenters. The van der Waals surface area contributed by atoms with E-state index in [0.717, 1.165) is 6.26 Å². The molecule has 1 fully saturated rings. The quantitative estimate of drug-likeness (QED) is 0.656. The first-order chi connectivity index (χ1) is 8.15. The summed E-state index contributed by atoms with van der Waals surface area (Å²) in [5, 5.41) is 0. The van der Waals surface area contributed by atoms with E-state index in [1.807, 2.05) is 0 Å². The second kappa shape index (κ2) is 5.83. The molecule has 0 amide bonds. The molecule has 2 N–H and O–H groups in total. The Morgan fingerprint density at radius 1 is 1.28 bits per heavy atom. The molecule has 1 aliphatic heterocycles. The van der Waals surface area contributed by atoms with Crippen LogP contribution in [0.5, 0.6) is 0 Å². The summed E-state index contributed by atoms with van der Waals surface area (Å²) in [6.45, 7) is 2.43. The Hall–Kier alpha value is -0.220. The van der Waals surface area contributed by atoms with Gasteiger partial charge in [-0.3, -0.25) is 0 Å². The molecule has 0 bridgehead atoms. The number of sulfone groups is 1. The van der Waals surface area contributed by atoms with E-state index in [-0.39, 0.29) is 37.6 Å². The van der Waals surface area contributed by atoms with Crippen LogP contribution < -0.4 is 5.73 Å². The molecular weight excluding hydrogens is 280 g/mol. The minimum atomic E-state index is -3.59. The van der Waals surface area contributed by atoms with Crippen molar-refractivity contribution in [2.24, 2.45) is 5.73 Å². The molecule has 0 aromatic rings. The van der Waals surface area contributed by atoms with E-state index >= 15 is 0 Å². The third-order valence-electron chi connectivity index (χ3n) is 2.78. The maximum atomic E-state index is 12.1. The van der Waals surface area contributed by atoms with Crippen molar-refractivity contribution in [2.45, 2.75) is 19.1 Å². The summed E-state index contributed by atoms with van der Waals surface area (Å²) in [7, 11) is -6.88. The highest BCUT2D eigenvalue weighted by molar-refractivity contribution is 7.93. The van der Waals surface area contributed by atoms with Gasteiger partial charge < -0.3 is 10.5 Å². The smallest absolute Gasteiger partial charge is 0.215 e. The molecule has 108 valence electrons. The van der Waals surface area contributed by atoms with E-state index in [9.17, 15) is 16.8 Å². The van der Waals surface area contributed by atoms with Crippen molar-refractivity contribution in [3.05, 3.63) is 0 Å². The maximum Gasteiger partial charge on any atom is 0.215 e. The average molecular weight is 300 g/mol. The van der Waals surface area contributed by atoms with Gasteiger partial charge in [0, 0.05) is 25.4 Å². The van der Waals surface area contributed by atoms with Crippen molar-refractivity contribution in [3.8, 4) is 0 Å². The molecule has 1 saturated heterocycles. The molecule has 9 heteroatoms. The number of nitrogens with two attached hydrogens (primary N) is 1. The summed E-state index contributed by atoms with van der Waals surface area (Å²) in [6.07, 6.45) is 0.697. The number of hydrogen-bond donors (Lipinski definition) is 1. The standard InChI is InChI=1S/C9H20N2O5S2/c1-8-7-16-9(5-10)6-11(8)18(14,15)4-3-17(2,12)13/h8-9H,3-7,10H2,1-2H3. The highest BCUT2D eigenvalue weighted by Crippen LogP contribution is 2.16. The number of nitrogens with zero attached hydrogens (tertiary/aromatic N) is 1. The molecule has 1 rings (SSSR count). The summed E-state index contributed by atoms with van der Waals surface area (Å²) in [5.74, 6) is -0.764. The van der Waals surface area contributed by atoms with Gasteiger partial charge in [0.15, 0.2) is 0 Å². The molecule has 0 spiro atoms. The van der Waals surface area contributed by atoms with Gasteiger partial charge in [0.25, 0.3) is 0 Å². The number of rotatable bonds is 5. The zero-order valence-corrected chi connectivity index (χ0v) is 12.2. The van der Waals surface area contributed by atoms with Crippen LogP contribution >= 0.6 is 0 Å². The Labute approximate surface area is 108 Å². The fraction of sp³-hybridized carbons (Fsp3) is 1.00. The molecule has 0 radical (unpaired) electrons. The lowest BCUT2D eigenvalue weighted by atomic mass is 10.2. The zero-order chi connectivity index (χ0) is 14.0. The molecule has 0 aromatic heterocycles. The Morgan fingerprint density at radius 3 is 2.39 bits per heavy atom. The minimum Gasteiger partial charge on any atom is -0.374 e. The first-order valence-corrected chi connectivity index (χ1v) is 9.31. The number of hydrogen-bond acceptors (Lipinski definition) is 6. The minimum absolute atomic E-state index is 0.184. The fourth-order valence-electron chi connectivity index (χ4n) is 1.70. The normalized spacial score (nSPS) is 27.3. The van der Waals surface area contributed by atoms with Crippen LogP contribution in [0.2, 0.25) is 0 Å². The van der Waals surface area contributed by atoms with Crippen LogP contribution in [0.4, 0.5) is 0 Å². The molecular formula is C9H20N2O5S2. The summed E-state index contributed by atoms with van der Waals surface area (Å²) in [5.41, 5.74) is 5.46. The van der Waals surface area contributed by atoms with E-state index in [0.29, 0.717) is 0 Å². The van der Waals surface area contributed by atoms with Gasteiger partial charge in [-0.2, -0.15) is 4.31 Å². The number of ether oxygens (including phenoxy) is 1. The topological polar surface area (TPSA) is 107 Å². The Kier molecular flexibility index (Phi) is 5.13. The highest BCUT2D eigenvalue weighted by Gasteiger charge is 2.34. The van der Waals surface area contributed by atoms with E-state index < -0.39 is 25.6 Å². The van der Waals surface area contributed by atoms with Crippen LogP contribution in [-0.4, -0.2) is 70.7 Å². The molecule has 7 nitrogen and oxygen atoms in total. The summed E-state index contributed by atoms with van der Waals surface area (Å²) in [4.78, 5) is 0. The molecule has 0 saturated carbocycles. The van der Waals surface area contributed by atoms with Crippen LogP contribution in [-0.2, 0) is 24.6 Å². The van der Waals surface area contributed by atoms with Crippen LogP contribution in [0, 0.1) is 0 Å². The van der Waals surface area contributed by atoms with Gasteiger partial charge in [0.2, 0.25) is 10.0 Å². The maximum absolute atomic E-state index is 12.1. The Morgan fingerprint density at radius 2 is 1.89 bits per heavy atom. The average Bonchev–Trinajstić information content (AvgIpc) is 2.26. The van der Waals surface area contributed by atoms with Crippen molar-refractivity contribution >= 4 is 19.9 Å². The summed E-state index contributed by atoms with van der Waals surface area (Å²) in [6, 6.07) is -0.294. The third kappa shape index (κ3) is 4.47. The lowest BCUT2D eigenvalue weighted by Gasteiger charge is -2.36. The van der Waals surface area contributed by atoms with Crippen molar-refractivity contribution < 1.29 is 21.6 Å². The van der Waals surface area contributed by atoms with Crippen LogP contribution in [0.15, 0.2) is 0 Å². The van der Waals surface area contributed by atoms with Gasteiger partial charge in [0.05, 0.1) is 24.2 Å². The van der Waals surface area contributed by atoms with Crippen LogP contribution in [0.25, 0.3) is 0 Å². The van der Waals surface area contributed by atoms with Crippen molar-refractivity contribution in [2.75, 3.05) is 37.5 Å². The van der Waals surface area contributed by atoms with Gasteiger partial charge in [-0.25, -0.2) is 16.8 Å². The van der Waals surface area contributed by atoms with Crippen molar-refractivity contribution in [3.63, 3.8) is 0 Å². The van der Waals surface area contributed by atoms with Gasteiger partial charge in [0.1, 0.15) is 9.84 Å².